The van der Waals surface area contributed by atoms with Gasteiger partial charge in [-0.25, -0.2) is 0 Å². The molecule has 3 fully saturated rings. The monoisotopic (exact) mass is 313 g/mol. The molecule has 3 aliphatic rings. The van der Waals surface area contributed by atoms with E-state index < -0.39 is 0 Å². The normalized spacial score (nSPS) is 32.1. The summed E-state index contributed by atoms with van der Waals surface area (Å²) in [5.41, 5.74) is 0.934. The largest absolute Gasteiger partial charge is 0.310 e. The van der Waals surface area contributed by atoms with E-state index in [1.165, 1.54) is 38.5 Å². The summed E-state index contributed by atoms with van der Waals surface area (Å²) >= 11 is 0. The Bertz CT molecular complexity index is 543. The van der Waals surface area contributed by atoms with Gasteiger partial charge in [-0.05, 0) is 62.5 Å². The summed E-state index contributed by atoms with van der Waals surface area (Å²) in [6.45, 7) is 0.818. The zero-order chi connectivity index (χ0) is 15.6. The Hall–Kier alpha value is -1.42. The van der Waals surface area contributed by atoms with Crippen molar-refractivity contribution < 1.29 is 4.79 Å². The lowest BCUT2D eigenvalue weighted by molar-refractivity contribution is -0.122. The SMILES string of the molecule is O=C1[C@H](N[C@H]2CCC[C@@H](C3CC3)C2)CCCN1c1cccnc1. The molecule has 1 aromatic heterocycles. The van der Waals surface area contributed by atoms with Gasteiger partial charge in [0, 0.05) is 18.8 Å². The van der Waals surface area contributed by atoms with E-state index in [4.69, 9.17) is 0 Å². The van der Waals surface area contributed by atoms with Gasteiger partial charge in [-0.2, -0.15) is 0 Å². The molecule has 124 valence electrons. The zero-order valence-electron chi connectivity index (χ0n) is 13.8. The van der Waals surface area contributed by atoms with Gasteiger partial charge in [0.2, 0.25) is 5.91 Å². The van der Waals surface area contributed by atoms with Crippen LogP contribution in [0.3, 0.4) is 0 Å². The first-order valence-electron chi connectivity index (χ1n) is 9.29. The van der Waals surface area contributed by atoms with Crippen molar-refractivity contribution in [1.82, 2.24) is 10.3 Å². The van der Waals surface area contributed by atoms with Crippen molar-refractivity contribution in [2.75, 3.05) is 11.4 Å². The lowest BCUT2D eigenvalue weighted by atomic mass is 9.82. The summed E-state index contributed by atoms with van der Waals surface area (Å²) in [7, 11) is 0. The van der Waals surface area contributed by atoms with Gasteiger partial charge in [0.15, 0.2) is 0 Å². The molecular weight excluding hydrogens is 286 g/mol. The third-order valence-corrected chi connectivity index (χ3v) is 5.84. The summed E-state index contributed by atoms with van der Waals surface area (Å²) in [5, 5.41) is 3.71. The second-order valence-electron chi connectivity index (χ2n) is 7.52. The van der Waals surface area contributed by atoms with Crippen LogP contribution >= 0.6 is 0 Å². The number of hydrogen-bond donors (Lipinski definition) is 1. The number of nitrogens with zero attached hydrogens (tertiary/aromatic N) is 2. The smallest absolute Gasteiger partial charge is 0.244 e. The van der Waals surface area contributed by atoms with Crippen LogP contribution < -0.4 is 10.2 Å². The molecule has 1 aliphatic heterocycles. The van der Waals surface area contributed by atoms with E-state index in [9.17, 15) is 4.79 Å². The maximum atomic E-state index is 12.9. The molecule has 4 heteroatoms. The van der Waals surface area contributed by atoms with Gasteiger partial charge in [0.25, 0.3) is 0 Å². The predicted octanol–water partition coefficient (Wildman–Crippen LogP) is 3.14. The van der Waals surface area contributed by atoms with Crippen molar-refractivity contribution in [2.24, 2.45) is 11.8 Å². The summed E-state index contributed by atoms with van der Waals surface area (Å²) in [6.07, 6.45) is 13.7. The molecular formula is C19H27N3O. The van der Waals surface area contributed by atoms with Crippen LogP contribution in [-0.2, 0) is 4.79 Å². The molecule has 4 rings (SSSR count). The second-order valence-corrected chi connectivity index (χ2v) is 7.52. The predicted molar refractivity (Wildman–Crippen MR) is 91.2 cm³/mol. The van der Waals surface area contributed by atoms with Gasteiger partial charge in [-0.1, -0.05) is 12.8 Å². The minimum absolute atomic E-state index is 0.00749. The Morgan fingerprint density at radius 1 is 1.09 bits per heavy atom. The number of nitrogens with one attached hydrogen (secondary N) is 1. The van der Waals surface area contributed by atoms with Crippen molar-refractivity contribution in [2.45, 2.75) is 63.5 Å². The highest BCUT2D eigenvalue weighted by molar-refractivity contribution is 5.97. The van der Waals surface area contributed by atoms with Crippen molar-refractivity contribution in [1.29, 1.82) is 0 Å². The van der Waals surface area contributed by atoms with Gasteiger partial charge in [-0.3, -0.25) is 9.78 Å². The molecule has 1 amide bonds. The van der Waals surface area contributed by atoms with Gasteiger partial charge in [-0.15, -0.1) is 0 Å². The third-order valence-electron chi connectivity index (χ3n) is 5.84. The van der Waals surface area contributed by atoms with Crippen molar-refractivity contribution >= 4 is 11.6 Å². The number of pyridine rings is 1. The summed E-state index contributed by atoms with van der Waals surface area (Å²) in [6, 6.07) is 4.42. The highest BCUT2D eigenvalue weighted by Crippen LogP contribution is 2.44. The molecule has 1 saturated heterocycles. The van der Waals surface area contributed by atoms with Crippen LogP contribution in [0.25, 0.3) is 0 Å². The molecule has 0 radical (unpaired) electrons. The Morgan fingerprint density at radius 3 is 2.78 bits per heavy atom. The number of carbonyl (C=O) groups excluding carboxylic acids is 1. The van der Waals surface area contributed by atoms with E-state index in [-0.39, 0.29) is 11.9 Å². The number of rotatable bonds is 4. The number of piperidine rings is 1. The number of carbonyl (C=O) groups is 1. The van der Waals surface area contributed by atoms with Crippen molar-refractivity contribution in [3.63, 3.8) is 0 Å². The van der Waals surface area contributed by atoms with Crippen LogP contribution in [0.5, 0.6) is 0 Å². The Kier molecular flexibility index (Phi) is 4.34. The number of amides is 1. The van der Waals surface area contributed by atoms with Gasteiger partial charge < -0.3 is 10.2 Å². The van der Waals surface area contributed by atoms with E-state index in [1.807, 2.05) is 17.0 Å². The van der Waals surface area contributed by atoms with E-state index in [1.54, 1.807) is 12.4 Å². The second kappa shape index (κ2) is 6.60. The number of hydrogen-bond acceptors (Lipinski definition) is 3. The van der Waals surface area contributed by atoms with Crippen LogP contribution in [0.4, 0.5) is 5.69 Å². The Morgan fingerprint density at radius 2 is 2.00 bits per heavy atom. The molecule has 2 aliphatic carbocycles. The maximum Gasteiger partial charge on any atom is 0.244 e. The molecule has 0 aromatic carbocycles. The van der Waals surface area contributed by atoms with Crippen LogP contribution in [0.2, 0.25) is 0 Å². The maximum absolute atomic E-state index is 12.9. The van der Waals surface area contributed by atoms with Crippen molar-refractivity contribution in [3.05, 3.63) is 24.5 Å². The molecule has 2 heterocycles. The first-order chi connectivity index (χ1) is 11.3. The molecule has 4 nitrogen and oxygen atoms in total. The van der Waals surface area contributed by atoms with Gasteiger partial charge in [0.05, 0.1) is 17.9 Å². The first kappa shape index (κ1) is 15.1. The molecule has 0 unspecified atom stereocenters. The third kappa shape index (κ3) is 3.42. The summed E-state index contributed by atoms with van der Waals surface area (Å²) in [4.78, 5) is 18.9. The molecule has 0 spiro atoms. The van der Waals surface area contributed by atoms with E-state index in [0.29, 0.717) is 6.04 Å². The molecule has 23 heavy (non-hydrogen) atoms. The average molecular weight is 313 g/mol. The fourth-order valence-corrected chi connectivity index (χ4v) is 4.46. The quantitative estimate of drug-likeness (QED) is 0.929. The van der Waals surface area contributed by atoms with Gasteiger partial charge in [0.1, 0.15) is 0 Å². The van der Waals surface area contributed by atoms with Crippen LogP contribution in [0, 0.1) is 11.8 Å². The molecule has 1 aromatic rings. The van der Waals surface area contributed by atoms with E-state index in [2.05, 4.69) is 10.3 Å². The lowest BCUT2D eigenvalue weighted by Crippen LogP contribution is -2.54. The van der Waals surface area contributed by atoms with E-state index in [0.717, 1.165) is 36.9 Å². The van der Waals surface area contributed by atoms with E-state index >= 15 is 0 Å². The minimum Gasteiger partial charge on any atom is -0.310 e. The molecule has 1 N–H and O–H groups in total. The summed E-state index contributed by atoms with van der Waals surface area (Å²) < 4.78 is 0. The van der Waals surface area contributed by atoms with Gasteiger partial charge >= 0.3 is 0 Å². The highest BCUT2D eigenvalue weighted by Gasteiger charge is 2.37. The standard InChI is InChI=1S/C19H27N3O/c23-19-18(7-3-11-22(19)17-6-2-10-20-13-17)21-16-5-1-4-15(12-16)14-8-9-14/h2,6,10,13-16,18,21H,1,3-5,7-9,11-12H2/t15-,16+,18-/m1/s1. The fraction of sp³-hybridized carbons (Fsp3) is 0.684. The topological polar surface area (TPSA) is 45.2 Å². The van der Waals surface area contributed by atoms with Crippen molar-refractivity contribution in [3.8, 4) is 0 Å². The Balaban J connectivity index is 1.39. The number of aromatic nitrogens is 1. The first-order valence-corrected chi connectivity index (χ1v) is 9.29. The van der Waals surface area contributed by atoms with Crippen LogP contribution in [0.15, 0.2) is 24.5 Å². The zero-order valence-corrected chi connectivity index (χ0v) is 13.8. The highest BCUT2D eigenvalue weighted by atomic mass is 16.2. The number of anilines is 1. The minimum atomic E-state index is -0.00749. The Labute approximate surface area is 138 Å². The molecule has 0 bridgehead atoms. The fourth-order valence-electron chi connectivity index (χ4n) is 4.46. The summed E-state index contributed by atoms with van der Waals surface area (Å²) in [5.74, 6) is 2.14. The molecule has 2 saturated carbocycles. The van der Waals surface area contributed by atoms with Crippen LogP contribution in [0.1, 0.15) is 51.4 Å². The average Bonchev–Trinajstić information content (AvgIpc) is 3.43. The lowest BCUT2D eigenvalue weighted by Gasteiger charge is -2.37. The molecule has 3 atom stereocenters. The van der Waals surface area contributed by atoms with Crippen LogP contribution in [-0.4, -0.2) is 29.5 Å².